The zero-order valence-corrected chi connectivity index (χ0v) is 11.9. The van der Waals surface area contributed by atoms with Gasteiger partial charge in [-0.3, -0.25) is 0 Å². The van der Waals surface area contributed by atoms with Crippen LogP contribution < -0.4 is 5.32 Å². The van der Waals surface area contributed by atoms with Gasteiger partial charge in [0.25, 0.3) is 0 Å². The van der Waals surface area contributed by atoms with E-state index in [0.717, 1.165) is 12.8 Å². The monoisotopic (exact) mass is 281 g/mol. The van der Waals surface area contributed by atoms with Crippen LogP contribution in [-0.4, -0.2) is 7.05 Å². The average molecular weight is 282 g/mol. The summed E-state index contributed by atoms with van der Waals surface area (Å²) in [5.41, 5.74) is 3.88. The molecular formula is C14H20BrN. The van der Waals surface area contributed by atoms with Crippen molar-refractivity contribution in [1.29, 1.82) is 0 Å². The van der Waals surface area contributed by atoms with E-state index >= 15 is 0 Å². The van der Waals surface area contributed by atoms with Gasteiger partial charge in [-0.05, 0) is 45.4 Å². The Morgan fingerprint density at radius 2 is 2.19 bits per heavy atom. The van der Waals surface area contributed by atoms with Gasteiger partial charge in [0.2, 0.25) is 0 Å². The Labute approximate surface area is 107 Å². The number of halogens is 1. The van der Waals surface area contributed by atoms with Crippen molar-refractivity contribution in [1.82, 2.24) is 5.32 Å². The van der Waals surface area contributed by atoms with E-state index in [1.807, 2.05) is 7.05 Å². The lowest BCUT2D eigenvalue weighted by atomic mass is 9.99. The molecule has 1 N–H and O–H groups in total. The third kappa shape index (κ3) is 3.76. The Balaban J connectivity index is 2.85. The molecule has 2 heteroatoms. The molecule has 1 nitrogen and oxygen atoms in total. The van der Waals surface area contributed by atoms with E-state index in [1.54, 1.807) is 0 Å². The quantitative estimate of drug-likeness (QED) is 0.790. The van der Waals surface area contributed by atoms with Crippen LogP contribution in [-0.2, 0) is 0 Å². The van der Waals surface area contributed by atoms with Crippen molar-refractivity contribution in [3.8, 4) is 0 Å². The third-order valence-corrected chi connectivity index (χ3v) is 3.46. The van der Waals surface area contributed by atoms with Gasteiger partial charge < -0.3 is 5.32 Å². The Hall–Kier alpha value is -0.600. The van der Waals surface area contributed by atoms with Gasteiger partial charge >= 0.3 is 0 Å². The van der Waals surface area contributed by atoms with Crippen LogP contribution in [0.1, 0.15) is 36.9 Å². The standard InChI is InChI=1S/C14H20BrN/c1-10(2)5-8-14(16-4)12-9-11(3)6-7-13(12)15/h6-7,9,14,16H,1,5,8H2,2-4H3. The molecule has 1 aromatic carbocycles. The number of hydrogen-bond donors (Lipinski definition) is 1. The van der Waals surface area contributed by atoms with E-state index in [2.05, 4.69) is 59.9 Å². The second-order valence-corrected chi connectivity index (χ2v) is 5.22. The van der Waals surface area contributed by atoms with Gasteiger partial charge in [-0.2, -0.15) is 0 Å². The van der Waals surface area contributed by atoms with Crippen LogP contribution in [0.2, 0.25) is 0 Å². The van der Waals surface area contributed by atoms with E-state index in [-0.39, 0.29) is 0 Å². The fourth-order valence-corrected chi connectivity index (χ4v) is 2.30. The van der Waals surface area contributed by atoms with Gasteiger partial charge in [-0.15, -0.1) is 6.58 Å². The molecule has 0 heterocycles. The van der Waals surface area contributed by atoms with Crippen LogP contribution in [0.3, 0.4) is 0 Å². The molecule has 0 bridgehead atoms. The normalized spacial score (nSPS) is 12.5. The minimum Gasteiger partial charge on any atom is -0.313 e. The van der Waals surface area contributed by atoms with Gasteiger partial charge in [0.05, 0.1) is 0 Å². The molecule has 1 rings (SSSR count). The van der Waals surface area contributed by atoms with Gasteiger partial charge in [-0.1, -0.05) is 39.2 Å². The van der Waals surface area contributed by atoms with Crippen LogP contribution in [0.25, 0.3) is 0 Å². The Morgan fingerprint density at radius 3 is 2.75 bits per heavy atom. The van der Waals surface area contributed by atoms with Crippen molar-refractivity contribution >= 4 is 15.9 Å². The van der Waals surface area contributed by atoms with E-state index in [1.165, 1.54) is 21.2 Å². The van der Waals surface area contributed by atoms with Gasteiger partial charge in [0, 0.05) is 10.5 Å². The lowest BCUT2D eigenvalue weighted by molar-refractivity contribution is 0.546. The summed E-state index contributed by atoms with van der Waals surface area (Å²) in [5.74, 6) is 0. The Kier molecular flexibility index (Phi) is 5.23. The highest BCUT2D eigenvalue weighted by Crippen LogP contribution is 2.28. The van der Waals surface area contributed by atoms with Crippen molar-refractivity contribution in [2.75, 3.05) is 7.05 Å². The molecule has 1 aromatic rings. The summed E-state index contributed by atoms with van der Waals surface area (Å²) in [7, 11) is 2.01. The average Bonchev–Trinajstić information content (AvgIpc) is 2.23. The van der Waals surface area contributed by atoms with Crippen molar-refractivity contribution in [3.05, 3.63) is 46.0 Å². The first-order chi connectivity index (χ1) is 7.54. The van der Waals surface area contributed by atoms with Crippen LogP contribution >= 0.6 is 15.9 Å². The first-order valence-electron chi connectivity index (χ1n) is 5.62. The molecule has 0 radical (unpaired) electrons. The van der Waals surface area contributed by atoms with Crippen molar-refractivity contribution in [2.24, 2.45) is 0 Å². The summed E-state index contributed by atoms with van der Waals surface area (Å²) >= 11 is 3.62. The molecule has 88 valence electrons. The molecule has 16 heavy (non-hydrogen) atoms. The molecule has 0 aliphatic carbocycles. The van der Waals surface area contributed by atoms with Gasteiger partial charge in [-0.25, -0.2) is 0 Å². The molecule has 0 aliphatic heterocycles. The largest absolute Gasteiger partial charge is 0.313 e. The van der Waals surface area contributed by atoms with E-state index < -0.39 is 0 Å². The fraction of sp³-hybridized carbons (Fsp3) is 0.429. The smallest absolute Gasteiger partial charge is 0.0331 e. The maximum atomic E-state index is 3.96. The fourth-order valence-electron chi connectivity index (χ4n) is 1.78. The SMILES string of the molecule is C=C(C)CCC(NC)c1cc(C)ccc1Br. The van der Waals surface area contributed by atoms with Gasteiger partial charge in [0.15, 0.2) is 0 Å². The second-order valence-electron chi connectivity index (χ2n) is 4.36. The molecule has 1 atom stereocenters. The molecule has 0 fully saturated rings. The van der Waals surface area contributed by atoms with E-state index in [0.29, 0.717) is 6.04 Å². The first-order valence-corrected chi connectivity index (χ1v) is 6.41. The van der Waals surface area contributed by atoms with Crippen LogP contribution in [0.4, 0.5) is 0 Å². The molecular weight excluding hydrogens is 262 g/mol. The second kappa shape index (κ2) is 6.21. The molecule has 1 unspecified atom stereocenters. The maximum Gasteiger partial charge on any atom is 0.0331 e. The van der Waals surface area contributed by atoms with Gasteiger partial charge in [0.1, 0.15) is 0 Å². The highest BCUT2D eigenvalue weighted by atomic mass is 79.9. The summed E-state index contributed by atoms with van der Waals surface area (Å²) in [6.07, 6.45) is 2.15. The first kappa shape index (κ1) is 13.5. The van der Waals surface area contributed by atoms with Crippen molar-refractivity contribution in [3.63, 3.8) is 0 Å². The minimum absolute atomic E-state index is 0.394. The van der Waals surface area contributed by atoms with Crippen LogP contribution in [0, 0.1) is 6.92 Å². The third-order valence-electron chi connectivity index (χ3n) is 2.74. The minimum atomic E-state index is 0.394. The van der Waals surface area contributed by atoms with Crippen molar-refractivity contribution in [2.45, 2.75) is 32.7 Å². The molecule has 0 aliphatic rings. The Morgan fingerprint density at radius 1 is 1.50 bits per heavy atom. The lowest BCUT2D eigenvalue weighted by Gasteiger charge is -2.18. The number of allylic oxidation sites excluding steroid dienone is 1. The summed E-state index contributed by atoms with van der Waals surface area (Å²) in [6.45, 7) is 8.16. The zero-order chi connectivity index (χ0) is 12.1. The number of aryl methyl sites for hydroxylation is 1. The van der Waals surface area contributed by atoms with Crippen LogP contribution in [0.5, 0.6) is 0 Å². The highest BCUT2D eigenvalue weighted by Gasteiger charge is 2.12. The predicted octanol–water partition coefficient (Wildman–Crippen LogP) is 4.37. The maximum absolute atomic E-state index is 3.96. The number of benzene rings is 1. The molecule has 0 spiro atoms. The summed E-state index contributed by atoms with van der Waals surface area (Å²) in [5, 5.41) is 3.37. The van der Waals surface area contributed by atoms with E-state index in [9.17, 15) is 0 Å². The summed E-state index contributed by atoms with van der Waals surface area (Å²) in [6, 6.07) is 6.88. The molecule has 0 amide bonds. The molecule has 0 saturated heterocycles. The summed E-state index contributed by atoms with van der Waals surface area (Å²) < 4.78 is 1.18. The molecule has 0 aromatic heterocycles. The Bertz CT molecular complexity index is 371. The highest BCUT2D eigenvalue weighted by molar-refractivity contribution is 9.10. The number of hydrogen-bond acceptors (Lipinski definition) is 1. The van der Waals surface area contributed by atoms with Crippen LogP contribution in [0.15, 0.2) is 34.8 Å². The van der Waals surface area contributed by atoms with Crippen molar-refractivity contribution < 1.29 is 0 Å². The predicted molar refractivity (Wildman–Crippen MR) is 74.7 cm³/mol. The lowest BCUT2D eigenvalue weighted by Crippen LogP contribution is -2.17. The number of nitrogens with one attached hydrogen (secondary N) is 1. The van der Waals surface area contributed by atoms with E-state index in [4.69, 9.17) is 0 Å². The summed E-state index contributed by atoms with van der Waals surface area (Å²) in [4.78, 5) is 0. The molecule has 0 saturated carbocycles. The topological polar surface area (TPSA) is 12.0 Å². The zero-order valence-electron chi connectivity index (χ0n) is 10.3. The number of rotatable bonds is 5.